The summed E-state index contributed by atoms with van der Waals surface area (Å²) in [5.74, 6) is 1.38. The lowest BCUT2D eigenvalue weighted by Gasteiger charge is -2.25. The van der Waals surface area contributed by atoms with E-state index in [9.17, 15) is 4.79 Å². The number of benzene rings is 1. The molecule has 0 aromatic heterocycles. The molecule has 0 spiro atoms. The van der Waals surface area contributed by atoms with Gasteiger partial charge >= 0.3 is 0 Å². The summed E-state index contributed by atoms with van der Waals surface area (Å²) in [5, 5.41) is 4.81. The highest BCUT2D eigenvalue weighted by molar-refractivity contribution is 5.76. The van der Waals surface area contributed by atoms with Crippen molar-refractivity contribution in [1.29, 1.82) is 0 Å². The summed E-state index contributed by atoms with van der Waals surface area (Å²) in [6.07, 6.45) is 2.66. The van der Waals surface area contributed by atoms with Gasteiger partial charge in [0.1, 0.15) is 6.61 Å². The van der Waals surface area contributed by atoms with Crippen molar-refractivity contribution in [2.75, 3.05) is 33.4 Å². The van der Waals surface area contributed by atoms with Crippen molar-refractivity contribution in [3.8, 4) is 11.5 Å². The van der Waals surface area contributed by atoms with Gasteiger partial charge in [0.05, 0.1) is 19.8 Å². The third kappa shape index (κ3) is 6.08. The number of para-hydroxylation sites is 2. The number of hydroxylamine groups is 2. The van der Waals surface area contributed by atoms with Gasteiger partial charge in [-0.1, -0.05) is 12.1 Å². The van der Waals surface area contributed by atoms with Gasteiger partial charge in [-0.2, -0.15) is 5.06 Å². The van der Waals surface area contributed by atoms with Crippen molar-refractivity contribution < 1.29 is 19.1 Å². The maximum Gasteiger partial charge on any atom is 0.221 e. The van der Waals surface area contributed by atoms with Gasteiger partial charge in [0.15, 0.2) is 11.5 Å². The molecule has 0 radical (unpaired) electrons. The van der Waals surface area contributed by atoms with E-state index >= 15 is 0 Å². The summed E-state index contributed by atoms with van der Waals surface area (Å²) in [7, 11) is 1.61. The minimum atomic E-state index is -0.0744. The quantitative estimate of drug-likeness (QED) is 0.793. The molecule has 1 fully saturated rings. The van der Waals surface area contributed by atoms with Gasteiger partial charge in [-0.15, -0.1) is 0 Å². The second-order valence-corrected chi connectivity index (χ2v) is 5.65. The Balaban J connectivity index is 1.67. The molecule has 6 nitrogen and oxygen atoms in total. The first kappa shape index (κ1) is 17.6. The summed E-state index contributed by atoms with van der Waals surface area (Å²) in [6, 6.07) is 7.40. The topological polar surface area (TPSA) is 60.0 Å². The molecule has 1 aromatic rings. The Labute approximate surface area is 137 Å². The van der Waals surface area contributed by atoms with Gasteiger partial charge in [0.2, 0.25) is 5.91 Å². The summed E-state index contributed by atoms with van der Waals surface area (Å²) in [4.78, 5) is 17.4. The fourth-order valence-corrected chi connectivity index (χ4v) is 2.39. The Morgan fingerprint density at radius 1 is 1.35 bits per heavy atom. The van der Waals surface area contributed by atoms with Crippen molar-refractivity contribution >= 4 is 5.91 Å². The van der Waals surface area contributed by atoms with Crippen LogP contribution in [0.2, 0.25) is 0 Å². The van der Waals surface area contributed by atoms with Crippen LogP contribution in [0.1, 0.15) is 26.2 Å². The zero-order valence-corrected chi connectivity index (χ0v) is 13.9. The second kappa shape index (κ2) is 9.37. The Hall–Kier alpha value is -1.79. The monoisotopic (exact) mass is 322 g/mol. The molecular weight excluding hydrogens is 296 g/mol. The summed E-state index contributed by atoms with van der Waals surface area (Å²) in [5.41, 5.74) is 0. The van der Waals surface area contributed by atoms with E-state index in [1.807, 2.05) is 36.3 Å². The van der Waals surface area contributed by atoms with E-state index in [1.54, 1.807) is 7.11 Å². The van der Waals surface area contributed by atoms with Crippen LogP contribution in [0.3, 0.4) is 0 Å². The predicted molar refractivity (Wildman–Crippen MR) is 87.5 cm³/mol. The Morgan fingerprint density at radius 3 is 2.83 bits per heavy atom. The number of hydrogen-bond acceptors (Lipinski definition) is 5. The zero-order valence-electron chi connectivity index (χ0n) is 13.9. The standard InChI is InChI=1S/C17H26N2O4/c1-14(13-22-16-8-4-3-7-15(16)21-2)18-17(20)9-11-19-10-5-6-12-23-19/h3-4,7-8,14H,5-6,9-13H2,1-2H3,(H,18,20)/t14-/m0/s1. The van der Waals surface area contributed by atoms with E-state index in [0.29, 0.717) is 31.1 Å². The summed E-state index contributed by atoms with van der Waals surface area (Å²) >= 11 is 0. The molecule has 0 bridgehead atoms. The molecule has 0 unspecified atom stereocenters. The number of carbonyl (C=O) groups excluding carboxylic acids is 1. The van der Waals surface area contributed by atoms with E-state index < -0.39 is 0 Å². The maximum atomic E-state index is 12.0. The van der Waals surface area contributed by atoms with Crippen LogP contribution in [0.4, 0.5) is 0 Å². The van der Waals surface area contributed by atoms with Crippen LogP contribution in [-0.2, 0) is 9.63 Å². The van der Waals surface area contributed by atoms with Crippen molar-refractivity contribution in [1.82, 2.24) is 10.4 Å². The number of ether oxygens (including phenoxy) is 2. The molecule has 1 saturated heterocycles. The maximum absolute atomic E-state index is 12.0. The van der Waals surface area contributed by atoms with Crippen LogP contribution in [0, 0.1) is 0 Å². The molecule has 1 amide bonds. The molecule has 1 aliphatic rings. The minimum absolute atomic E-state index is 0.00954. The molecule has 128 valence electrons. The average Bonchev–Trinajstić information content (AvgIpc) is 2.59. The zero-order chi connectivity index (χ0) is 16.5. The SMILES string of the molecule is COc1ccccc1OC[C@H](C)NC(=O)CCN1CCCCO1. The van der Waals surface area contributed by atoms with Crippen LogP contribution in [0.15, 0.2) is 24.3 Å². The Bertz CT molecular complexity index is 489. The van der Waals surface area contributed by atoms with Gasteiger partial charge < -0.3 is 14.8 Å². The Kier molecular flexibility index (Phi) is 7.16. The number of amides is 1. The molecule has 1 N–H and O–H groups in total. The van der Waals surface area contributed by atoms with Crippen LogP contribution < -0.4 is 14.8 Å². The van der Waals surface area contributed by atoms with Gasteiger partial charge in [-0.3, -0.25) is 9.63 Å². The normalized spacial score (nSPS) is 16.6. The molecule has 1 heterocycles. The largest absolute Gasteiger partial charge is 0.493 e. The van der Waals surface area contributed by atoms with E-state index in [-0.39, 0.29) is 11.9 Å². The fraction of sp³-hybridized carbons (Fsp3) is 0.588. The number of nitrogens with one attached hydrogen (secondary N) is 1. The summed E-state index contributed by atoms with van der Waals surface area (Å²) < 4.78 is 10.9. The molecule has 2 rings (SSSR count). The lowest BCUT2D eigenvalue weighted by atomic mass is 10.2. The first-order chi connectivity index (χ1) is 11.2. The minimum Gasteiger partial charge on any atom is -0.493 e. The van der Waals surface area contributed by atoms with Crippen molar-refractivity contribution in [2.45, 2.75) is 32.2 Å². The lowest BCUT2D eigenvalue weighted by molar-refractivity contribution is -0.181. The number of hydrogen-bond donors (Lipinski definition) is 1. The van der Waals surface area contributed by atoms with Crippen molar-refractivity contribution in [3.05, 3.63) is 24.3 Å². The van der Waals surface area contributed by atoms with E-state index in [2.05, 4.69) is 5.32 Å². The smallest absolute Gasteiger partial charge is 0.221 e. The summed E-state index contributed by atoms with van der Waals surface area (Å²) in [6.45, 7) is 4.60. The van der Waals surface area contributed by atoms with Crippen LogP contribution in [-0.4, -0.2) is 50.4 Å². The molecule has 1 aliphatic heterocycles. The number of methoxy groups -OCH3 is 1. The molecule has 6 heteroatoms. The Morgan fingerprint density at radius 2 is 2.13 bits per heavy atom. The molecule has 1 atom stereocenters. The van der Waals surface area contributed by atoms with Crippen LogP contribution in [0.5, 0.6) is 11.5 Å². The third-order valence-electron chi connectivity index (χ3n) is 3.63. The number of nitrogens with zero attached hydrogens (tertiary/aromatic N) is 1. The lowest BCUT2D eigenvalue weighted by Crippen LogP contribution is -2.39. The van der Waals surface area contributed by atoms with Gasteiger partial charge in [0, 0.05) is 19.5 Å². The molecular formula is C17H26N2O4. The van der Waals surface area contributed by atoms with Crippen molar-refractivity contribution in [2.24, 2.45) is 0 Å². The van der Waals surface area contributed by atoms with E-state index in [1.165, 1.54) is 0 Å². The molecule has 23 heavy (non-hydrogen) atoms. The van der Waals surface area contributed by atoms with Crippen LogP contribution >= 0.6 is 0 Å². The first-order valence-electron chi connectivity index (χ1n) is 8.12. The fourth-order valence-electron chi connectivity index (χ4n) is 2.39. The van der Waals surface area contributed by atoms with Crippen molar-refractivity contribution in [3.63, 3.8) is 0 Å². The molecule has 1 aromatic carbocycles. The highest BCUT2D eigenvalue weighted by Crippen LogP contribution is 2.25. The van der Waals surface area contributed by atoms with Gasteiger partial charge in [-0.05, 0) is 31.9 Å². The predicted octanol–water partition coefficient (Wildman–Crippen LogP) is 2.00. The third-order valence-corrected chi connectivity index (χ3v) is 3.63. The number of rotatable bonds is 8. The van der Waals surface area contributed by atoms with Crippen LogP contribution in [0.25, 0.3) is 0 Å². The van der Waals surface area contributed by atoms with Gasteiger partial charge in [-0.25, -0.2) is 0 Å². The highest BCUT2D eigenvalue weighted by Gasteiger charge is 2.14. The average molecular weight is 322 g/mol. The molecule has 0 saturated carbocycles. The first-order valence-corrected chi connectivity index (χ1v) is 8.12. The number of carbonyl (C=O) groups is 1. The molecule has 0 aliphatic carbocycles. The van der Waals surface area contributed by atoms with E-state index in [4.69, 9.17) is 14.3 Å². The van der Waals surface area contributed by atoms with Gasteiger partial charge in [0.25, 0.3) is 0 Å². The van der Waals surface area contributed by atoms with E-state index in [0.717, 1.165) is 26.0 Å². The second-order valence-electron chi connectivity index (χ2n) is 5.65. The highest BCUT2D eigenvalue weighted by atomic mass is 16.7.